The Labute approximate surface area is 184 Å². The molecule has 11 heteroatoms. The van der Waals surface area contributed by atoms with Gasteiger partial charge in [0.1, 0.15) is 5.82 Å². The molecule has 0 saturated heterocycles. The van der Waals surface area contributed by atoms with Gasteiger partial charge < -0.3 is 15.4 Å². The summed E-state index contributed by atoms with van der Waals surface area (Å²) in [7, 11) is 1.55. The van der Waals surface area contributed by atoms with Crippen LogP contribution in [0.2, 0.25) is 0 Å². The third-order valence-corrected chi connectivity index (χ3v) is 4.74. The highest BCUT2D eigenvalue weighted by Gasteiger charge is 2.25. The monoisotopic (exact) mass is 441 g/mol. The Bertz CT molecular complexity index is 1160. The van der Waals surface area contributed by atoms with Crippen LogP contribution in [0, 0.1) is 5.92 Å². The SMILES string of the molecule is COCCCN(C(=O)c1ccc(-n2cccn2)nc1)c1c(N)n(CC(C)C)c(=O)[nH]c1=O. The van der Waals surface area contributed by atoms with Crippen LogP contribution in [-0.4, -0.2) is 50.5 Å². The minimum absolute atomic E-state index is 0.0562. The summed E-state index contributed by atoms with van der Waals surface area (Å²) < 4.78 is 7.93. The van der Waals surface area contributed by atoms with Crippen LogP contribution in [0.15, 0.2) is 46.4 Å². The van der Waals surface area contributed by atoms with E-state index in [4.69, 9.17) is 10.5 Å². The number of anilines is 2. The second-order valence-electron chi connectivity index (χ2n) is 7.66. The van der Waals surface area contributed by atoms with Crippen molar-refractivity contribution in [3.63, 3.8) is 0 Å². The highest BCUT2D eigenvalue weighted by molar-refractivity contribution is 6.07. The van der Waals surface area contributed by atoms with E-state index in [1.807, 2.05) is 13.8 Å². The van der Waals surface area contributed by atoms with E-state index in [2.05, 4.69) is 15.1 Å². The Morgan fingerprint density at radius 3 is 2.69 bits per heavy atom. The fourth-order valence-electron chi connectivity index (χ4n) is 3.27. The smallest absolute Gasteiger partial charge is 0.330 e. The fourth-order valence-corrected chi connectivity index (χ4v) is 3.27. The molecule has 3 heterocycles. The zero-order chi connectivity index (χ0) is 23.3. The number of H-pyrrole nitrogens is 1. The molecule has 3 N–H and O–H groups in total. The Morgan fingerprint density at radius 2 is 2.09 bits per heavy atom. The Morgan fingerprint density at radius 1 is 1.31 bits per heavy atom. The predicted octanol–water partition coefficient (Wildman–Crippen LogP) is 1.04. The average Bonchev–Trinajstić information content (AvgIpc) is 3.30. The first-order valence-electron chi connectivity index (χ1n) is 10.2. The van der Waals surface area contributed by atoms with Gasteiger partial charge in [-0.1, -0.05) is 13.8 Å². The van der Waals surface area contributed by atoms with Crippen molar-refractivity contribution >= 4 is 17.4 Å². The van der Waals surface area contributed by atoms with E-state index in [0.29, 0.717) is 25.4 Å². The van der Waals surface area contributed by atoms with E-state index in [-0.39, 0.29) is 29.5 Å². The number of aromatic amines is 1. The Hall–Kier alpha value is -3.73. The number of nitrogen functional groups attached to an aromatic ring is 1. The standard InChI is InChI=1S/C21H27N7O4/c1-14(2)13-27-18(22)17(19(29)25-21(27)31)26(9-5-11-32-3)20(30)15-6-7-16(23-12-15)28-10-4-8-24-28/h4,6-8,10,12,14H,5,9,11,13,22H2,1-3H3,(H,25,29,31). The van der Waals surface area contributed by atoms with Crippen LogP contribution in [0.4, 0.5) is 11.5 Å². The topological polar surface area (TPSA) is 141 Å². The van der Waals surface area contributed by atoms with Gasteiger partial charge in [0.25, 0.3) is 11.5 Å². The van der Waals surface area contributed by atoms with Crippen molar-refractivity contribution in [1.29, 1.82) is 0 Å². The molecule has 170 valence electrons. The first-order valence-corrected chi connectivity index (χ1v) is 10.2. The van der Waals surface area contributed by atoms with E-state index in [0.717, 1.165) is 0 Å². The number of ether oxygens (including phenoxy) is 1. The van der Waals surface area contributed by atoms with Gasteiger partial charge in [-0.15, -0.1) is 0 Å². The normalized spacial score (nSPS) is 11.1. The van der Waals surface area contributed by atoms with Gasteiger partial charge in [-0.3, -0.25) is 19.1 Å². The van der Waals surface area contributed by atoms with Crippen molar-refractivity contribution in [3.05, 3.63) is 63.2 Å². The van der Waals surface area contributed by atoms with Crippen molar-refractivity contribution in [1.82, 2.24) is 24.3 Å². The molecule has 32 heavy (non-hydrogen) atoms. The average molecular weight is 441 g/mol. The molecule has 0 aromatic carbocycles. The molecular weight excluding hydrogens is 414 g/mol. The lowest BCUT2D eigenvalue weighted by Crippen LogP contribution is -2.42. The number of nitrogens with two attached hydrogens (primary N) is 1. The summed E-state index contributed by atoms with van der Waals surface area (Å²) >= 11 is 0. The van der Waals surface area contributed by atoms with Gasteiger partial charge in [0.05, 0.1) is 5.56 Å². The van der Waals surface area contributed by atoms with E-state index in [1.165, 1.54) is 15.7 Å². The second kappa shape index (κ2) is 10.1. The van der Waals surface area contributed by atoms with Gasteiger partial charge in [-0.25, -0.2) is 14.5 Å². The van der Waals surface area contributed by atoms with E-state index < -0.39 is 17.2 Å². The van der Waals surface area contributed by atoms with Crippen molar-refractivity contribution in [2.75, 3.05) is 30.9 Å². The molecule has 0 aliphatic heterocycles. The van der Waals surface area contributed by atoms with Gasteiger partial charge in [0, 0.05) is 45.4 Å². The van der Waals surface area contributed by atoms with Crippen LogP contribution in [0.1, 0.15) is 30.6 Å². The predicted molar refractivity (Wildman–Crippen MR) is 120 cm³/mol. The third-order valence-electron chi connectivity index (χ3n) is 4.74. The van der Waals surface area contributed by atoms with Crippen LogP contribution in [0.3, 0.4) is 0 Å². The van der Waals surface area contributed by atoms with Crippen LogP contribution in [0.25, 0.3) is 5.82 Å². The maximum absolute atomic E-state index is 13.4. The summed E-state index contributed by atoms with van der Waals surface area (Å²) in [5.41, 5.74) is 5.09. The minimum atomic E-state index is -0.723. The number of aromatic nitrogens is 5. The van der Waals surface area contributed by atoms with Gasteiger partial charge in [0.15, 0.2) is 11.5 Å². The van der Waals surface area contributed by atoms with Gasteiger partial charge in [0.2, 0.25) is 0 Å². The van der Waals surface area contributed by atoms with Crippen LogP contribution in [0.5, 0.6) is 0 Å². The largest absolute Gasteiger partial charge is 0.385 e. The highest BCUT2D eigenvalue weighted by atomic mass is 16.5. The lowest BCUT2D eigenvalue weighted by Gasteiger charge is -2.25. The molecular formula is C21H27N7O4. The maximum Gasteiger partial charge on any atom is 0.330 e. The zero-order valence-corrected chi connectivity index (χ0v) is 18.3. The summed E-state index contributed by atoms with van der Waals surface area (Å²) in [5, 5.41) is 4.11. The minimum Gasteiger partial charge on any atom is -0.385 e. The lowest BCUT2D eigenvalue weighted by atomic mass is 10.2. The number of carbonyl (C=O) groups is 1. The molecule has 3 rings (SSSR count). The summed E-state index contributed by atoms with van der Waals surface area (Å²) in [6.45, 7) is 4.69. The molecule has 3 aromatic rings. The number of nitrogens with one attached hydrogen (secondary N) is 1. The van der Waals surface area contributed by atoms with Crippen molar-refractivity contribution < 1.29 is 9.53 Å². The van der Waals surface area contributed by atoms with Crippen molar-refractivity contribution in [2.45, 2.75) is 26.8 Å². The molecule has 0 unspecified atom stereocenters. The summed E-state index contributed by atoms with van der Waals surface area (Å²) in [6.07, 6.45) is 5.24. The van der Waals surface area contributed by atoms with Crippen LogP contribution in [-0.2, 0) is 11.3 Å². The number of pyridine rings is 1. The summed E-state index contributed by atoms with van der Waals surface area (Å²) in [5.74, 6) is 0.123. The first kappa shape index (κ1) is 22.9. The molecule has 0 saturated carbocycles. The lowest BCUT2D eigenvalue weighted by molar-refractivity contribution is 0.0983. The van der Waals surface area contributed by atoms with Gasteiger partial charge in [-0.2, -0.15) is 5.10 Å². The zero-order valence-electron chi connectivity index (χ0n) is 18.3. The van der Waals surface area contributed by atoms with Crippen molar-refractivity contribution in [3.8, 4) is 5.82 Å². The first-order chi connectivity index (χ1) is 15.3. The number of nitrogens with zero attached hydrogens (tertiary/aromatic N) is 5. The molecule has 11 nitrogen and oxygen atoms in total. The summed E-state index contributed by atoms with van der Waals surface area (Å²) in [4.78, 5) is 46.2. The number of carbonyl (C=O) groups excluding carboxylic acids is 1. The molecule has 1 amide bonds. The quantitative estimate of drug-likeness (QED) is 0.473. The third kappa shape index (κ3) is 4.94. The van der Waals surface area contributed by atoms with Crippen LogP contribution < -0.4 is 21.9 Å². The maximum atomic E-state index is 13.4. The molecule has 0 aliphatic carbocycles. The number of methoxy groups -OCH3 is 1. The number of amides is 1. The molecule has 3 aromatic heterocycles. The number of hydrogen-bond acceptors (Lipinski definition) is 7. The number of rotatable bonds is 9. The molecule has 0 atom stereocenters. The second-order valence-corrected chi connectivity index (χ2v) is 7.66. The Kier molecular flexibility index (Phi) is 7.21. The van der Waals surface area contributed by atoms with E-state index in [9.17, 15) is 14.4 Å². The molecule has 0 fully saturated rings. The van der Waals surface area contributed by atoms with Crippen LogP contribution >= 0.6 is 0 Å². The molecule has 0 aliphatic rings. The molecule has 0 radical (unpaired) electrons. The highest BCUT2D eigenvalue weighted by Crippen LogP contribution is 2.21. The molecule has 0 spiro atoms. The van der Waals surface area contributed by atoms with Gasteiger partial charge in [-0.05, 0) is 30.5 Å². The fraction of sp³-hybridized carbons (Fsp3) is 0.381. The number of hydrogen-bond donors (Lipinski definition) is 2. The molecule has 0 bridgehead atoms. The van der Waals surface area contributed by atoms with Crippen molar-refractivity contribution in [2.24, 2.45) is 5.92 Å². The van der Waals surface area contributed by atoms with Gasteiger partial charge >= 0.3 is 5.69 Å². The Balaban J connectivity index is 2.02. The summed E-state index contributed by atoms with van der Waals surface area (Å²) in [6, 6.07) is 5.02. The van der Waals surface area contributed by atoms with E-state index in [1.54, 1.807) is 42.4 Å². The van der Waals surface area contributed by atoms with E-state index >= 15 is 0 Å².